The highest BCUT2D eigenvalue weighted by atomic mass is 79.9. The van der Waals surface area contributed by atoms with Gasteiger partial charge < -0.3 is 10.1 Å². The molecule has 0 aliphatic carbocycles. The predicted octanol–water partition coefficient (Wildman–Crippen LogP) is 1.19. The first-order chi connectivity index (χ1) is 10.8. The van der Waals surface area contributed by atoms with Crippen LogP contribution in [0.4, 0.5) is 0 Å². The fourth-order valence-electron chi connectivity index (χ4n) is 1.61. The first-order valence-corrected chi connectivity index (χ1v) is 9.26. The van der Waals surface area contributed by atoms with E-state index in [1.54, 1.807) is 19.1 Å². The van der Waals surface area contributed by atoms with Gasteiger partial charge in [0.25, 0.3) is 5.91 Å². The Hall–Kier alpha value is -1.45. The molecule has 1 aromatic carbocycles. The van der Waals surface area contributed by atoms with Gasteiger partial charge in [0.05, 0.1) is 11.3 Å². The lowest BCUT2D eigenvalue weighted by molar-refractivity contribution is -0.154. The summed E-state index contributed by atoms with van der Waals surface area (Å²) in [4.78, 5) is 23.1. The Morgan fingerprint density at radius 3 is 2.43 bits per heavy atom. The number of hydrogen-bond acceptors (Lipinski definition) is 5. The molecule has 0 aromatic heterocycles. The normalized spacial score (nSPS) is 12.5. The number of rotatable bonds is 8. The minimum Gasteiger partial charge on any atom is -0.453 e. The molecule has 0 heterocycles. The summed E-state index contributed by atoms with van der Waals surface area (Å²) in [6.45, 7) is 3.53. The van der Waals surface area contributed by atoms with Crippen LogP contribution in [-0.4, -0.2) is 39.5 Å². The largest absolute Gasteiger partial charge is 0.453 e. The molecule has 128 valence electrons. The molecule has 1 atom stereocenters. The first-order valence-electron chi connectivity index (χ1n) is 6.98. The molecule has 0 fully saturated rings. The van der Waals surface area contributed by atoms with Gasteiger partial charge in [0.2, 0.25) is 10.0 Å². The van der Waals surface area contributed by atoms with Gasteiger partial charge >= 0.3 is 5.97 Å². The topological polar surface area (TPSA) is 102 Å². The molecule has 23 heavy (non-hydrogen) atoms. The second-order valence-corrected chi connectivity index (χ2v) is 7.31. The van der Waals surface area contributed by atoms with E-state index in [0.29, 0.717) is 6.54 Å². The number of benzene rings is 1. The summed E-state index contributed by atoms with van der Waals surface area (Å²) in [7, 11) is -3.68. The van der Waals surface area contributed by atoms with Crippen molar-refractivity contribution < 1.29 is 22.7 Å². The van der Waals surface area contributed by atoms with E-state index in [1.807, 2.05) is 0 Å². The van der Waals surface area contributed by atoms with Crippen LogP contribution in [0.2, 0.25) is 0 Å². The molecule has 0 aliphatic rings. The zero-order valence-corrected chi connectivity index (χ0v) is 15.2. The summed E-state index contributed by atoms with van der Waals surface area (Å²) < 4.78 is 32.0. The maximum absolute atomic E-state index is 12.0. The Bertz CT molecular complexity index is 646. The Balaban J connectivity index is 2.45. The van der Waals surface area contributed by atoms with Crippen molar-refractivity contribution in [1.82, 2.24) is 10.0 Å². The van der Waals surface area contributed by atoms with E-state index in [2.05, 4.69) is 26.0 Å². The maximum atomic E-state index is 12.0. The number of esters is 1. The van der Waals surface area contributed by atoms with Crippen LogP contribution in [0, 0.1) is 0 Å². The van der Waals surface area contributed by atoms with Crippen LogP contribution < -0.4 is 10.0 Å². The van der Waals surface area contributed by atoms with E-state index in [1.165, 1.54) is 19.1 Å². The molecule has 1 amide bonds. The van der Waals surface area contributed by atoms with E-state index in [0.717, 1.165) is 4.47 Å². The van der Waals surface area contributed by atoms with Crippen molar-refractivity contribution in [2.24, 2.45) is 0 Å². The number of likely N-dealkylation sites (N-methyl/N-ethyl adjacent to an activating group) is 1. The molecule has 1 rings (SSSR count). The molecule has 0 saturated carbocycles. The summed E-state index contributed by atoms with van der Waals surface area (Å²) in [5.41, 5.74) is 0. The average Bonchev–Trinajstić information content (AvgIpc) is 2.47. The molecule has 9 heteroatoms. The summed E-state index contributed by atoms with van der Waals surface area (Å²) in [5, 5.41) is 2.53. The number of ether oxygens (including phenoxy) is 1. The van der Waals surface area contributed by atoms with Crippen molar-refractivity contribution in [1.29, 1.82) is 0 Å². The first kappa shape index (κ1) is 19.6. The number of hydrogen-bond donors (Lipinski definition) is 2. The van der Waals surface area contributed by atoms with Crippen LogP contribution in [0.5, 0.6) is 0 Å². The molecule has 0 unspecified atom stereocenters. The average molecular weight is 407 g/mol. The van der Waals surface area contributed by atoms with E-state index < -0.39 is 28.0 Å². The molecule has 0 spiro atoms. The van der Waals surface area contributed by atoms with Crippen molar-refractivity contribution in [3.63, 3.8) is 0 Å². The second kappa shape index (κ2) is 8.99. The third kappa shape index (κ3) is 6.67. The number of sulfonamides is 1. The Labute approximate surface area is 144 Å². The molecule has 0 radical (unpaired) electrons. The zero-order valence-electron chi connectivity index (χ0n) is 12.8. The predicted molar refractivity (Wildman–Crippen MR) is 88.2 cm³/mol. The molecular weight excluding hydrogens is 388 g/mol. The van der Waals surface area contributed by atoms with Crippen molar-refractivity contribution >= 4 is 37.8 Å². The van der Waals surface area contributed by atoms with Crippen molar-refractivity contribution in [2.75, 3.05) is 13.1 Å². The number of carbonyl (C=O) groups is 2. The third-order valence-corrected chi connectivity index (χ3v) is 4.78. The van der Waals surface area contributed by atoms with Crippen LogP contribution in [0.25, 0.3) is 0 Å². The van der Waals surface area contributed by atoms with Gasteiger partial charge in [-0.3, -0.25) is 9.59 Å². The lowest BCUT2D eigenvalue weighted by atomic mass is 10.3. The van der Waals surface area contributed by atoms with E-state index in [4.69, 9.17) is 4.74 Å². The molecule has 7 nitrogen and oxygen atoms in total. The van der Waals surface area contributed by atoms with Gasteiger partial charge in [-0.15, -0.1) is 0 Å². The fraction of sp³-hybridized carbons (Fsp3) is 0.429. The van der Waals surface area contributed by atoms with Crippen molar-refractivity contribution in [2.45, 2.75) is 31.3 Å². The number of amides is 1. The van der Waals surface area contributed by atoms with Gasteiger partial charge in [-0.2, -0.15) is 0 Å². The monoisotopic (exact) mass is 406 g/mol. The van der Waals surface area contributed by atoms with Crippen LogP contribution in [0.1, 0.15) is 20.3 Å². The number of carbonyl (C=O) groups excluding carboxylic acids is 2. The fourth-order valence-corrected chi connectivity index (χ4v) is 2.91. The smallest absolute Gasteiger partial charge is 0.307 e. The minimum absolute atomic E-state index is 0.102. The third-order valence-electron chi connectivity index (χ3n) is 2.77. The summed E-state index contributed by atoms with van der Waals surface area (Å²) in [6.07, 6.45) is -1.08. The maximum Gasteiger partial charge on any atom is 0.307 e. The van der Waals surface area contributed by atoms with Crippen LogP contribution in [0.15, 0.2) is 33.6 Å². The molecular formula is C14H19BrN2O5S. The summed E-state index contributed by atoms with van der Waals surface area (Å²) in [5.74, 6) is -1.04. The van der Waals surface area contributed by atoms with Crippen LogP contribution in [0.3, 0.4) is 0 Å². The quantitative estimate of drug-likeness (QED) is 0.631. The standard InChI is InChI=1S/C14H19BrN2O5S/c1-3-16-14(19)10(2)22-13(18)8-9-17-23(20,21)12-6-4-11(15)5-7-12/h4-7,10,17H,3,8-9H2,1-2H3,(H,16,19)/t10-/m0/s1. The van der Waals surface area contributed by atoms with Crippen LogP contribution in [-0.2, 0) is 24.3 Å². The minimum atomic E-state index is -3.68. The van der Waals surface area contributed by atoms with Gasteiger partial charge in [0.1, 0.15) is 0 Å². The highest BCUT2D eigenvalue weighted by Gasteiger charge is 2.18. The van der Waals surface area contributed by atoms with E-state index in [9.17, 15) is 18.0 Å². The SMILES string of the molecule is CCNC(=O)[C@H](C)OC(=O)CCNS(=O)(=O)c1ccc(Br)cc1. The van der Waals surface area contributed by atoms with Gasteiger partial charge in [-0.05, 0) is 38.1 Å². The summed E-state index contributed by atoms with van der Waals surface area (Å²) >= 11 is 3.22. The van der Waals surface area contributed by atoms with Crippen LogP contribution >= 0.6 is 15.9 Å². The number of halogens is 1. The molecule has 0 bridgehead atoms. The van der Waals surface area contributed by atoms with Crippen molar-refractivity contribution in [3.05, 3.63) is 28.7 Å². The Kier molecular flexibility index (Phi) is 7.66. The highest BCUT2D eigenvalue weighted by Crippen LogP contribution is 2.14. The van der Waals surface area contributed by atoms with E-state index >= 15 is 0 Å². The van der Waals surface area contributed by atoms with Gasteiger partial charge in [-0.1, -0.05) is 15.9 Å². The Morgan fingerprint density at radius 2 is 1.87 bits per heavy atom. The zero-order chi connectivity index (χ0) is 17.5. The van der Waals surface area contributed by atoms with E-state index in [-0.39, 0.29) is 17.9 Å². The highest BCUT2D eigenvalue weighted by molar-refractivity contribution is 9.10. The molecule has 2 N–H and O–H groups in total. The van der Waals surface area contributed by atoms with Crippen molar-refractivity contribution in [3.8, 4) is 0 Å². The van der Waals surface area contributed by atoms with Gasteiger partial charge in [0.15, 0.2) is 6.10 Å². The Morgan fingerprint density at radius 1 is 1.26 bits per heavy atom. The molecule has 0 saturated heterocycles. The van der Waals surface area contributed by atoms with Gasteiger partial charge in [0, 0.05) is 17.6 Å². The lowest BCUT2D eigenvalue weighted by Gasteiger charge is -2.12. The summed E-state index contributed by atoms with van der Waals surface area (Å²) in [6, 6.07) is 6.11. The lowest BCUT2D eigenvalue weighted by Crippen LogP contribution is -2.36. The molecule has 0 aliphatic heterocycles. The van der Waals surface area contributed by atoms with Gasteiger partial charge in [-0.25, -0.2) is 13.1 Å². The molecule has 1 aromatic rings. The second-order valence-electron chi connectivity index (χ2n) is 4.63. The number of nitrogens with one attached hydrogen (secondary N) is 2.